The average molecular weight is 370 g/mol. The lowest BCUT2D eigenvalue weighted by atomic mass is 9.87. The van der Waals surface area contributed by atoms with Gasteiger partial charge in [0.05, 0.1) is 5.39 Å². The second-order valence-corrected chi connectivity index (χ2v) is 8.54. The first kappa shape index (κ1) is 18.5. The molecule has 1 aliphatic carbocycles. The van der Waals surface area contributed by atoms with Crippen molar-refractivity contribution in [3.63, 3.8) is 0 Å². The molecule has 0 amide bonds. The molecule has 2 unspecified atom stereocenters. The summed E-state index contributed by atoms with van der Waals surface area (Å²) in [6.45, 7) is 4.44. The van der Waals surface area contributed by atoms with Crippen LogP contribution in [0.25, 0.3) is 11.0 Å². The summed E-state index contributed by atoms with van der Waals surface area (Å²) >= 11 is 0. The quantitative estimate of drug-likeness (QED) is 0.768. The first-order chi connectivity index (χ1) is 13.1. The largest absolute Gasteiger partial charge is 0.490 e. The molecule has 2 heterocycles. The standard InChI is InChI=1S/C23H31NO3/c1-16-15-24(2)12-6-9-21(16)26-18-10-11-19-20(25)14-22(27-23(19)13-18)17-7-4-3-5-8-17/h10-11,13-14,16-17,21H,3-9,12,15H2,1-2H3. The van der Waals surface area contributed by atoms with Crippen LogP contribution in [0.1, 0.15) is 63.5 Å². The van der Waals surface area contributed by atoms with Crippen molar-refractivity contribution in [1.29, 1.82) is 0 Å². The van der Waals surface area contributed by atoms with Gasteiger partial charge in [0.15, 0.2) is 5.43 Å². The molecule has 1 saturated carbocycles. The second kappa shape index (κ2) is 8.05. The molecule has 0 radical (unpaired) electrons. The number of likely N-dealkylation sites (tertiary alicyclic amines) is 1. The Morgan fingerprint density at radius 3 is 2.70 bits per heavy atom. The Hall–Kier alpha value is -1.81. The van der Waals surface area contributed by atoms with Gasteiger partial charge in [-0.2, -0.15) is 0 Å². The molecule has 1 saturated heterocycles. The summed E-state index contributed by atoms with van der Waals surface area (Å²) in [6.07, 6.45) is 8.42. The third kappa shape index (κ3) is 4.21. The lowest BCUT2D eigenvalue weighted by Gasteiger charge is -2.24. The van der Waals surface area contributed by atoms with Crippen molar-refractivity contribution in [3.05, 3.63) is 40.2 Å². The van der Waals surface area contributed by atoms with E-state index in [9.17, 15) is 4.79 Å². The maximum absolute atomic E-state index is 12.6. The number of hydrogen-bond donors (Lipinski definition) is 0. The Morgan fingerprint density at radius 1 is 1.07 bits per heavy atom. The van der Waals surface area contributed by atoms with E-state index in [1.807, 2.05) is 18.2 Å². The first-order valence-corrected chi connectivity index (χ1v) is 10.5. The topological polar surface area (TPSA) is 42.7 Å². The number of benzene rings is 1. The smallest absolute Gasteiger partial charge is 0.192 e. The molecule has 2 aliphatic rings. The van der Waals surface area contributed by atoms with E-state index in [4.69, 9.17) is 9.15 Å². The number of ether oxygens (including phenoxy) is 1. The molecule has 0 N–H and O–H groups in total. The highest BCUT2D eigenvalue weighted by Crippen LogP contribution is 2.34. The number of fused-ring (bicyclic) bond motifs is 1. The Balaban J connectivity index is 1.59. The third-order valence-corrected chi connectivity index (χ3v) is 6.28. The van der Waals surface area contributed by atoms with Crippen LogP contribution in [0.2, 0.25) is 0 Å². The molecule has 4 rings (SSSR count). The molecule has 2 aromatic rings. The second-order valence-electron chi connectivity index (χ2n) is 8.54. The molecule has 4 heteroatoms. The van der Waals surface area contributed by atoms with Gasteiger partial charge in [-0.25, -0.2) is 0 Å². The molecule has 2 fully saturated rings. The zero-order valence-electron chi connectivity index (χ0n) is 16.6. The molecule has 1 aromatic heterocycles. The Kier molecular flexibility index (Phi) is 5.53. The highest BCUT2D eigenvalue weighted by Gasteiger charge is 2.24. The molecular weight excluding hydrogens is 338 g/mol. The number of rotatable bonds is 3. The minimum absolute atomic E-state index is 0.0628. The van der Waals surface area contributed by atoms with Gasteiger partial charge in [0.2, 0.25) is 0 Å². The van der Waals surface area contributed by atoms with Gasteiger partial charge >= 0.3 is 0 Å². The summed E-state index contributed by atoms with van der Waals surface area (Å²) in [7, 11) is 2.18. The van der Waals surface area contributed by atoms with Crippen LogP contribution in [0.15, 0.2) is 33.5 Å². The van der Waals surface area contributed by atoms with E-state index in [0.29, 0.717) is 22.8 Å². The molecule has 0 bridgehead atoms. The summed E-state index contributed by atoms with van der Waals surface area (Å²) < 4.78 is 12.5. The van der Waals surface area contributed by atoms with Gasteiger partial charge in [0.25, 0.3) is 0 Å². The minimum Gasteiger partial charge on any atom is -0.490 e. The van der Waals surface area contributed by atoms with Gasteiger partial charge in [-0.15, -0.1) is 0 Å². The predicted octanol–water partition coefficient (Wildman–Crippen LogP) is 4.95. The van der Waals surface area contributed by atoms with Crippen molar-refractivity contribution in [1.82, 2.24) is 4.90 Å². The Labute approximate surface area is 161 Å². The highest BCUT2D eigenvalue weighted by atomic mass is 16.5. The summed E-state index contributed by atoms with van der Waals surface area (Å²) in [5, 5.41) is 0.649. The fourth-order valence-corrected chi connectivity index (χ4v) is 4.71. The van der Waals surface area contributed by atoms with Gasteiger partial charge in [0, 0.05) is 30.5 Å². The molecule has 1 aromatic carbocycles. The van der Waals surface area contributed by atoms with E-state index in [1.54, 1.807) is 6.07 Å². The van der Waals surface area contributed by atoms with E-state index < -0.39 is 0 Å². The minimum atomic E-state index is 0.0628. The van der Waals surface area contributed by atoms with Crippen molar-refractivity contribution >= 4 is 11.0 Å². The summed E-state index contributed by atoms with van der Waals surface area (Å²) in [5.74, 6) is 2.54. The molecule has 2 atom stereocenters. The van der Waals surface area contributed by atoms with Gasteiger partial charge in [-0.05, 0) is 51.4 Å². The van der Waals surface area contributed by atoms with Crippen LogP contribution in [0.4, 0.5) is 0 Å². The van der Waals surface area contributed by atoms with E-state index in [2.05, 4.69) is 18.9 Å². The van der Waals surface area contributed by atoms with Crippen molar-refractivity contribution < 1.29 is 9.15 Å². The van der Waals surface area contributed by atoms with Crippen LogP contribution in [0, 0.1) is 5.92 Å². The summed E-state index contributed by atoms with van der Waals surface area (Å²) in [4.78, 5) is 14.9. The normalized spacial score (nSPS) is 25.4. The summed E-state index contributed by atoms with van der Waals surface area (Å²) in [5.41, 5.74) is 0.729. The van der Waals surface area contributed by atoms with Crippen LogP contribution in [-0.2, 0) is 0 Å². The molecule has 0 spiro atoms. The molecule has 1 aliphatic heterocycles. The van der Waals surface area contributed by atoms with Crippen LogP contribution < -0.4 is 10.2 Å². The SMILES string of the molecule is CC1CN(C)CCCC1Oc1ccc2c(=O)cc(C3CCCCC3)oc2c1. The van der Waals surface area contributed by atoms with Crippen LogP contribution in [0.3, 0.4) is 0 Å². The lowest BCUT2D eigenvalue weighted by Crippen LogP contribution is -2.30. The number of nitrogens with zero attached hydrogens (tertiary/aromatic N) is 1. The van der Waals surface area contributed by atoms with Crippen molar-refractivity contribution in [2.24, 2.45) is 5.92 Å². The van der Waals surface area contributed by atoms with E-state index >= 15 is 0 Å². The first-order valence-electron chi connectivity index (χ1n) is 10.5. The van der Waals surface area contributed by atoms with E-state index in [0.717, 1.165) is 50.3 Å². The fourth-order valence-electron chi connectivity index (χ4n) is 4.71. The summed E-state index contributed by atoms with van der Waals surface area (Å²) in [6, 6.07) is 7.40. The zero-order chi connectivity index (χ0) is 18.8. The van der Waals surface area contributed by atoms with Crippen LogP contribution >= 0.6 is 0 Å². The fraction of sp³-hybridized carbons (Fsp3) is 0.609. The Morgan fingerprint density at radius 2 is 1.89 bits per heavy atom. The predicted molar refractivity (Wildman–Crippen MR) is 109 cm³/mol. The molecule has 27 heavy (non-hydrogen) atoms. The van der Waals surface area contributed by atoms with E-state index in [-0.39, 0.29) is 11.5 Å². The van der Waals surface area contributed by atoms with Crippen LogP contribution in [0.5, 0.6) is 5.75 Å². The highest BCUT2D eigenvalue weighted by molar-refractivity contribution is 5.78. The average Bonchev–Trinajstić information content (AvgIpc) is 2.82. The van der Waals surface area contributed by atoms with Crippen molar-refractivity contribution in [2.75, 3.05) is 20.1 Å². The van der Waals surface area contributed by atoms with Crippen molar-refractivity contribution in [2.45, 2.75) is 63.9 Å². The van der Waals surface area contributed by atoms with Crippen molar-refractivity contribution in [3.8, 4) is 5.75 Å². The maximum atomic E-state index is 12.6. The Bertz CT molecular complexity index is 837. The number of hydrogen-bond acceptors (Lipinski definition) is 4. The van der Waals surface area contributed by atoms with Crippen LogP contribution in [-0.4, -0.2) is 31.1 Å². The zero-order valence-corrected chi connectivity index (χ0v) is 16.6. The van der Waals surface area contributed by atoms with Gasteiger partial charge in [0.1, 0.15) is 23.2 Å². The van der Waals surface area contributed by atoms with Gasteiger partial charge in [-0.3, -0.25) is 4.79 Å². The van der Waals surface area contributed by atoms with Gasteiger partial charge in [-0.1, -0.05) is 26.2 Å². The van der Waals surface area contributed by atoms with Gasteiger partial charge < -0.3 is 14.1 Å². The molecule has 4 nitrogen and oxygen atoms in total. The monoisotopic (exact) mass is 369 g/mol. The molecule has 146 valence electrons. The van der Waals surface area contributed by atoms with E-state index in [1.165, 1.54) is 19.3 Å². The lowest BCUT2D eigenvalue weighted by molar-refractivity contribution is 0.131. The maximum Gasteiger partial charge on any atom is 0.192 e. The molecular formula is C23H31NO3. The third-order valence-electron chi connectivity index (χ3n) is 6.28.